The maximum atomic E-state index is 13.2. The molecule has 3 atom stereocenters. The molecule has 0 spiro atoms. The molecule has 18 heavy (non-hydrogen) atoms. The molecule has 2 fully saturated rings. The third-order valence-electron chi connectivity index (χ3n) is 4.23. The molecule has 2 bridgehead atoms. The minimum Gasteiger partial charge on any atom is -0.349 e. The lowest BCUT2D eigenvalue weighted by Crippen LogP contribution is -2.38. The van der Waals surface area contributed by atoms with Gasteiger partial charge in [-0.05, 0) is 65.2 Å². The zero-order chi connectivity index (χ0) is 12.7. The minimum absolute atomic E-state index is 0.168. The number of benzene rings is 1. The number of nitrogens with one attached hydrogen (secondary N) is 1. The summed E-state index contributed by atoms with van der Waals surface area (Å²) in [6, 6.07) is 4.49. The molecule has 0 aromatic heterocycles. The van der Waals surface area contributed by atoms with E-state index in [1.807, 2.05) is 0 Å². The van der Waals surface area contributed by atoms with E-state index in [2.05, 4.69) is 21.2 Å². The van der Waals surface area contributed by atoms with Crippen LogP contribution in [0.25, 0.3) is 0 Å². The summed E-state index contributed by atoms with van der Waals surface area (Å²) >= 11 is 3.29. The van der Waals surface area contributed by atoms with Crippen molar-refractivity contribution in [2.75, 3.05) is 0 Å². The van der Waals surface area contributed by atoms with Gasteiger partial charge in [0.15, 0.2) is 0 Å². The monoisotopic (exact) mass is 311 g/mol. The van der Waals surface area contributed by atoms with Crippen molar-refractivity contribution in [2.45, 2.75) is 31.7 Å². The van der Waals surface area contributed by atoms with E-state index < -0.39 is 0 Å². The van der Waals surface area contributed by atoms with Gasteiger partial charge in [0.2, 0.25) is 0 Å². The summed E-state index contributed by atoms with van der Waals surface area (Å²) in [7, 11) is 0. The van der Waals surface area contributed by atoms with Gasteiger partial charge in [0, 0.05) is 10.5 Å². The van der Waals surface area contributed by atoms with Crippen molar-refractivity contribution < 1.29 is 9.18 Å². The van der Waals surface area contributed by atoms with E-state index in [1.54, 1.807) is 6.07 Å². The first kappa shape index (κ1) is 12.2. The number of hydrogen-bond acceptors (Lipinski definition) is 1. The third-order valence-corrected chi connectivity index (χ3v) is 4.92. The van der Waals surface area contributed by atoms with Crippen molar-refractivity contribution >= 4 is 21.8 Å². The molecular weight excluding hydrogens is 297 g/mol. The van der Waals surface area contributed by atoms with Crippen molar-refractivity contribution in [1.82, 2.24) is 5.32 Å². The Kier molecular flexibility index (Phi) is 3.14. The number of carbonyl (C=O) groups excluding carboxylic acids is 1. The van der Waals surface area contributed by atoms with Gasteiger partial charge in [0.05, 0.1) is 5.56 Å². The summed E-state index contributed by atoms with van der Waals surface area (Å²) in [5, 5.41) is 3.06. The molecule has 0 saturated heterocycles. The Morgan fingerprint density at radius 3 is 2.83 bits per heavy atom. The second-order valence-electron chi connectivity index (χ2n) is 5.38. The molecule has 1 amide bonds. The highest BCUT2D eigenvalue weighted by Crippen LogP contribution is 2.44. The molecule has 2 aliphatic rings. The number of amides is 1. The highest BCUT2D eigenvalue weighted by atomic mass is 79.9. The molecule has 1 aromatic carbocycles. The maximum Gasteiger partial charge on any atom is 0.252 e. The Bertz CT molecular complexity index is 491. The van der Waals surface area contributed by atoms with Gasteiger partial charge in [0.1, 0.15) is 5.82 Å². The van der Waals surface area contributed by atoms with Gasteiger partial charge < -0.3 is 5.32 Å². The fourth-order valence-electron chi connectivity index (χ4n) is 3.34. The maximum absolute atomic E-state index is 13.2. The first-order valence-electron chi connectivity index (χ1n) is 6.39. The Hall–Kier alpha value is -0.900. The molecule has 1 N–H and O–H groups in total. The number of fused-ring (bicyclic) bond motifs is 2. The van der Waals surface area contributed by atoms with Gasteiger partial charge >= 0.3 is 0 Å². The van der Waals surface area contributed by atoms with Crippen LogP contribution in [-0.2, 0) is 0 Å². The van der Waals surface area contributed by atoms with E-state index in [9.17, 15) is 9.18 Å². The van der Waals surface area contributed by atoms with Gasteiger partial charge in [-0.2, -0.15) is 0 Å². The van der Waals surface area contributed by atoms with Gasteiger partial charge in [-0.1, -0.05) is 6.42 Å². The predicted octanol–water partition coefficient (Wildman–Crippen LogP) is 3.51. The zero-order valence-electron chi connectivity index (χ0n) is 9.96. The molecule has 3 rings (SSSR count). The fraction of sp³-hybridized carbons (Fsp3) is 0.500. The summed E-state index contributed by atoms with van der Waals surface area (Å²) in [6.07, 6.45) is 4.86. The van der Waals surface area contributed by atoms with Crippen molar-refractivity contribution in [3.05, 3.63) is 34.1 Å². The summed E-state index contributed by atoms with van der Waals surface area (Å²) < 4.78 is 13.8. The van der Waals surface area contributed by atoms with Gasteiger partial charge in [0.25, 0.3) is 5.91 Å². The zero-order valence-corrected chi connectivity index (χ0v) is 11.5. The van der Waals surface area contributed by atoms with Crippen molar-refractivity contribution in [2.24, 2.45) is 11.8 Å². The van der Waals surface area contributed by atoms with Crippen molar-refractivity contribution in [3.63, 3.8) is 0 Å². The minimum atomic E-state index is -0.378. The topological polar surface area (TPSA) is 29.1 Å². The third kappa shape index (κ3) is 2.18. The van der Waals surface area contributed by atoms with Crippen LogP contribution in [0.2, 0.25) is 0 Å². The molecule has 3 unspecified atom stereocenters. The summed E-state index contributed by atoms with van der Waals surface area (Å²) in [4.78, 5) is 12.1. The second kappa shape index (κ2) is 4.65. The normalized spacial score (nSPS) is 29.6. The van der Waals surface area contributed by atoms with Gasteiger partial charge in [-0.25, -0.2) is 4.39 Å². The number of halogens is 2. The molecule has 0 radical (unpaired) electrons. The summed E-state index contributed by atoms with van der Waals surface area (Å²) in [5.41, 5.74) is 0.387. The number of rotatable bonds is 2. The van der Waals surface area contributed by atoms with E-state index in [0.717, 1.165) is 12.3 Å². The van der Waals surface area contributed by atoms with Crippen LogP contribution >= 0.6 is 15.9 Å². The summed E-state index contributed by atoms with van der Waals surface area (Å²) in [6.45, 7) is 0. The molecule has 0 heterocycles. The van der Waals surface area contributed by atoms with Crippen LogP contribution in [0.15, 0.2) is 22.7 Å². The Labute approximate surface area is 114 Å². The van der Waals surface area contributed by atoms with Crippen LogP contribution in [0.3, 0.4) is 0 Å². The Morgan fingerprint density at radius 2 is 2.17 bits per heavy atom. The smallest absolute Gasteiger partial charge is 0.252 e. The lowest BCUT2D eigenvalue weighted by molar-refractivity contribution is 0.0921. The first-order valence-corrected chi connectivity index (χ1v) is 7.18. The molecule has 0 aliphatic heterocycles. The molecule has 2 aliphatic carbocycles. The van der Waals surface area contributed by atoms with E-state index >= 15 is 0 Å². The number of carbonyl (C=O) groups is 1. The Morgan fingerprint density at radius 1 is 1.33 bits per heavy atom. The van der Waals surface area contributed by atoms with Crippen LogP contribution in [-0.4, -0.2) is 11.9 Å². The second-order valence-corrected chi connectivity index (χ2v) is 6.23. The van der Waals surface area contributed by atoms with Crippen molar-refractivity contribution in [3.8, 4) is 0 Å². The molecule has 4 heteroatoms. The standard InChI is InChI=1S/C14H15BrFNO/c15-12-4-3-10(16)7-11(12)14(18)17-13-6-8-1-2-9(13)5-8/h3-4,7-9,13H,1-2,5-6H2,(H,17,18). The quantitative estimate of drug-likeness (QED) is 0.889. The molecule has 1 aromatic rings. The van der Waals surface area contributed by atoms with Crippen LogP contribution in [0.4, 0.5) is 4.39 Å². The molecular formula is C14H15BrFNO. The molecule has 96 valence electrons. The van der Waals surface area contributed by atoms with Crippen molar-refractivity contribution in [1.29, 1.82) is 0 Å². The summed E-state index contributed by atoms with van der Waals surface area (Å²) in [5.74, 6) is 0.873. The molecule has 2 saturated carbocycles. The van der Waals surface area contributed by atoms with E-state index in [-0.39, 0.29) is 17.8 Å². The average Bonchev–Trinajstić information content (AvgIpc) is 2.94. The lowest BCUT2D eigenvalue weighted by Gasteiger charge is -2.23. The highest BCUT2D eigenvalue weighted by molar-refractivity contribution is 9.10. The average molecular weight is 312 g/mol. The van der Waals surface area contributed by atoms with Crippen LogP contribution in [0.5, 0.6) is 0 Å². The van der Waals surface area contributed by atoms with Gasteiger partial charge in [-0.15, -0.1) is 0 Å². The largest absolute Gasteiger partial charge is 0.349 e. The Balaban J connectivity index is 1.73. The fourth-order valence-corrected chi connectivity index (χ4v) is 3.77. The molecule has 2 nitrogen and oxygen atoms in total. The van der Waals surface area contributed by atoms with Crippen LogP contribution < -0.4 is 5.32 Å². The number of hydrogen-bond donors (Lipinski definition) is 1. The van der Waals surface area contributed by atoms with E-state index in [1.165, 1.54) is 31.4 Å². The SMILES string of the molecule is O=C(NC1CC2CCC1C2)c1cc(F)ccc1Br. The lowest BCUT2D eigenvalue weighted by atomic mass is 9.95. The van der Waals surface area contributed by atoms with Crippen LogP contribution in [0, 0.1) is 17.7 Å². The first-order chi connectivity index (χ1) is 8.63. The highest BCUT2D eigenvalue weighted by Gasteiger charge is 2.40. The van der Waals surface area contributed by atoms with Crippen LogP contribution in [0.1, 0.15) is 36.0 Å². The van der Waals surface area contributed by atoms with E-state index in [0.29, 0.717) is 16.0 Å². The van der Waals surface area contributed by atoms with E-state index in [4.69, 9.17) is 0 Å². The van der Waals surface area contributed by atoms with Gasteiger partial charge in [-0.3, -0.25) is 4.79 Å². The predicted molar refractivity (Wildman–Crippen MR) is 70.8 cm³/mol.